The maximum atomic E-state index is 13.1. The van der Waals surface area contributed by atoms with Crippen LogP contribution in [0.5, 0.6) is 11.5 Å². The van der Waals surface area contributed by atoms with E-state index in [1.54, 1.807) is 41.9 Å². The number of carbonyl (C=O) groups is 2. The fourth-order valence-corrected chi connectivity index (χ4v) is 4.16. The molecule has 1 aliphatic heterocycles. The number of hydrogen-bond donors (Lipinski definition) is 2. The molecule has 3 rings (SSSR count). The number of hydrogen-bond acceptors (Lipinski definition) is 8. The van der Waals surface area contributed by atoms with Gasteiger partial charge < -0.3 is 34.4 Å². The van der Waals surface area contributed by atoms with Crippen molar-refractivity contribution in [2.24, 2.45) is 5.92 Å². The Hall–Kier alpha value is -3.38. The Kier molecular flexibility index (Phi) is 10.1. The van der Waals surface area contributed by atoms with E-state index < -0.39 is 6.10 Å². The molecule has 2 bridgehead atoms. The molecule has 1 aromatic heterocycles. The molecule has 1 aromatic carbocycles. The Bertz CT molecular complexity index is 1050. The minimum Gasteiger partial charge on any atom is -0.497 e. The monoisotopic (exact) mass is 518 g/mol. The summed E-state index contributed by atoms with van der Waals surface area (Å²) in [5.41, 5.74) is 1.19. The number of rotatable bonds is 7. The Morgan fingerprint density at radius 3 is 2.84 bits per heavy atom. The van der Waals surface area contributed by atoms with Crippen LogP contribution in [0.2, 0.25) is 0 Å². The molecule has 3 atom stereocenters. The molecule has 2 heterocycles. The maximum Gasteiger partial charge on any atom is 0.321 e. The number of likely N-dealkylation sites (N-methyl/N-ethyl adjacent to an activating group) is 1. The fourth-order valence-electron chi connectivity index (χ4n) is 4.16. The summed E-state index contributed by atoms with van der Waals surface area (Å²) >= 11 is 0. The standard InChI is InChI=1S/C25H38N6O6/c1-17-12-31(18(2)15-32)24(33)7-6-10-30-13-19(27-28-30)16-37-23(17)14-29(3)25(34)26-21-9-8-20(35-4)11-22(21)36-5/h8-9,11,13,17-18,23,32H,6-7,10,12,14-16H2,1-5H3,(H,26,34)/t17-,18+,23-/m1/s1. The van der Waals surface area contributed by atoms with Gasteiger partial charge in [0.05, 0.1) is 51.5 Å². The lowest BCUT2D eigenvalue weighted by Gasteiger charge is -2.35. The van der Waals surface area contributed by atoms with Crippen molar-refractivity contribution in [1.82, 2.24) is 24.8 Å². The largest absolute Gasteiger partial charge is 0.497 e. The topological polar surface area (TPSA) is 131 Å². The van der Waals surface area contributed by atoms with Crippen molar-refractivity contribution in [3.63, 3.8) is 0 Å². The van der Waals surface area contributed by atoms with E-state index in [1.165, 1.54) is 12.0 Å². The number of carbonyl (C=O) groups excluding carboxylic acids is 2. The first kappa shape index (κ1) is 28.2. The smallest absolute Gasteiger partial charge is 0.321 e. The summed E-state index contributed by atoms with van der Waals surface area (Å²) in [4.78, 5) is 29.3. The molecule has 0 aliphatic carbocycles. The summed E-state index contributed by atoms with van der Waals surface area (Å²) in [5, 5.41) is 20.9. The van der Waals surface area contributed by atoms with Crippen molar-refractivity contribution >= 4 is 17.6 Å². The van der Waals surface area contributed by atoms with Gasteiger partial charge in [0.2, 0.25) is 5.91 Å². The van der Waals surface area contributed by atoms with E-state index >= 15 is 0 Å². The molecular formula is C25H38N6O6. The highest BCUT2D eigenvalue weighted by molar-refractivity contribution is 5.91. The number of nitrogens with zero attached hydrogens (tertiary/aromatic N) is 5. The van der Waals surface area contributed by atoms with Gasteiger partial charge in [-0.05, 0) is 25.5 Å². The molecule has 12 heteroatoms. The predicted molar refractivity (Wildman–Crippen MR) is 136 cm³/mol. The van der Waals surface area contributed by atoms with Crippen molar-refractivity contribution in [2.75, 3.05) is 46.3 Å². The minimum atomic E-state index is -0.416. The Balaban J connectivity index is 1.76. The van der Waals surface area contributed by atoms with Crippen LogP contribution in [-0.4, -0.2) is 94.9 Å². The zero-order valence-electron chi connectivity index (χ0n) is 22.2. The number of urea groups is 1. The number of benzene rings is 1. The average molecular weight is 519 g/mol. The van der Waals surface area contributed by atoms with Crippen molar-refractivity contribution in [3.8, 4) is 11.5 Å². The average Bonchev–Trinajstić information content (AvgIpc) is 3.36. The van der Waals surface area contributed by atoms with Gasteiger partial charge in [-0.2, -0.15) is 0 Å². The highest BCUT2D eigenvalue weighted by Crippen LogP contribution is 2.29. The van der Waals surface area contributed by atoms with Crippen molar-refractivity contribution in [3.05, 3.63) is 30.1 Å². The van der Waals surface area contributed by atoms with E-state index in [4.69, 9.17) is 14.2 Å². The van der Waals surface area contributed by atoms with Gasteiger partial charge in [0, 0.05) is 45.1 Å². The summed E-state index contributed by atoms with van der Waals surface area (Å²) in [6.07, 6.45) is 2.35. The van der Waals surface area contributed by atoms with Gasteiger partial charge in [0.25, 0.3) is 0 Å². The SMILES string of the molecule is COc1ccc(NC(=O)N(C)C[C@H]2OCc3cn(nn3)CCCC(=O)N([C@@H](C)CO)C[C@H]2C)c(OC)c1. The fraction of sp³-hybridized carbons (Fsp3) is 0.600. The molecule has 37 heavy (non-hydrogen) atoms. The Labute approximate surface area is 217 Å². The zero-order valence-corrected chi connectivity index (χ0v) is 22.2. The first-order valence-corrected chi connectivity index (χ1v) is 12.4. The highest BCUT2D eigenvalue weighted by atomic mass is 16.5. The molecule has 0 saturated carbocycles. The first-order valence-electron chi connectivity index (χ1n) is 12.4. The van der Waals surface area contributed by atoms with Crippen LogP contribution in [0.3, 0.4) is 0 Å². The van der Waals surface area contributed by atoms with E-state index in [1.807, 2.05) is 20.0 Å². The first-order chi connectivity index (χ1) is 17.7. The summed E-state index contributed by atoms with van der Waals surface area (Å²) in [6.45, 7) is 5.10. The number of anilines is 1. The number of methoxy groups -OCH3 is 2. The lowest BCUT2D eigenvalue weighted by Crippen LogP contribution is -2.48. The molecule has 0 spiro atoms. The second kappa shape index (κ2) is 13.2. The van der Waals surface area contributed by atoms with Gasteiger partial charge in [0.15, 0.2) is 0 Å². The van der Waals surface area contributed by atoms with Gasteiger partial charge in [-0.25, -0.2) is 4.79 Å². The molecule has 1 aliphatic rings. The number of aryl methyl sites for hydroxylation is 1. The van der Waals surface area contributed by atoms with Crippen molar-refractivity contribution in [1.29, 1.82) is 0 Å². The molecule has 2 aromatic rings. The van der Waals surface area contributed by atoms with E-state index in [-0.39, 0.29) is 43.7 Å². The molecule has 0 radical (unpaired) electrons. The molecule has 3 amide bonds. The van der Waals surface area contributed by atoms with Crippen LogP contribution in [-0.2, 0) is 22.7 Å². The molecule has 0 saturated heterocycles. The second-order valence-electron chi connectivity index (χ2n) is 9.36. The normalized spacial score (nSPS) is 19.7. The van der Waals surface area contributed by atoms with E-state index in [2.05, 4.69) is 15.6 Å². The van der Waals surface area contributed by atoms with Gasteiger partial charge in [-0.1, -0.05) is 12.1 Å². The Morgan fingerprint density at radius 2 is 2.14 bits per heavy atom. The third kappa shape index (κ3) is 7.56. The molecule has 204 valence electrons. The van der Waals surface area contributed by atoms with E-state index in [0.717, 1.165) is 0 Å². The van der Waals surface area contributed by atoms with Crippen LogP contribution in [0, 0.1) is 5.92 Å². The van der Waals surface area contributed by atoms with Gasteiger partial charge in [-0.15, -0.1) is 5.10 Å². The van der Waals surface area contributed by atoms with Crippen molar-refractivity contribution < 1.29 is 28.9 Å². The molecule has 2 N–H and O–H groups in total. The summed E-state index contributed by atoms with van der Waals surface area (Å²) < 4.78 is 18.5. The number of ether oxygens (including phenoxy) is 3. The third-order valence-corrected chi connectivity index (χ3v) is 6.50. The Morgan fingerprint density at radius 1 is 1.35 bits per heavy atom. The highest BCUT2D eigenvalue weighted by Gasteiger charge is 2.29. The van der Waals surface area contributed by atoms with E-state index in [0.29, 0.717) is 48.8 Å². The van der Waals surface area contributed by atoms with Gasteiger partial charge in [0.1, 0.15) is 17.2 Å². The number of amides is 3. The minimum absolute atomic E-state index is 0.0376. The summed E-state index contributed by atoms with van der Waals surface area (Å²) in [7, 11) is 4.76. The predicted octanol–water partition coefficient (Wildman–Crippen LogP) is 1.98. The number of aliphatic hydroxyl groups excluding tert-OH is 1. The molecule has 12 nitrogen and oxygen atoms in total. The zero-order chi connectivity index (χ0) is 26.9. The number of nitrogens with one attached hydrogen (secondary N) is 1. The summed E-state index contributed by atoms with van der Waals surface area (Å²) in [5.74, 6) is 0.912. The van der Waals surface area contributed by atoms with E-state index in [9.17, 15) is 14.7 Å². The quantitative estimate of drug-likeness (QED) is 0.569. The van der Waals surface area contributed by atoms with Crippen LogP contribution in [0.15, 0.2) is 24.4 Å². The number of fused-ring (bicyclic) bond motifs is 2. The van der Waals surface area contributed by atoms with Crippen molar-refractivity contribution in [2.45, 2.75) is 52.0 Å². The lowest BCUT2D eigenvalue weighted by atomic mass is 10.0. The molecular weight excluding hydrogens is 480 g/mol. The second-order valence-corrected chi connectivity index (χ2v) is 9.36. The third-order valence-electron chi connectivity index (χ3n) is 6.50. The van der Waals surface area contributed by atoms with Gasteiger partial charge >= 0.3 is 6.03 Å². The van der Waals surface area contributed by atoms with Crippen LogP contribution in [0.4, 0.5) is 10.5 Å². The maximum absolute atomic E-state index is 13.1. The lowest BCUT2D eigenvalue weighted by molar-refractivity contribution is -0.136. The molecule has 0 fully saturated rings. The van der Waals surface area contributed by atoms with Crippen LogP contribution < -0.4 is 14.8 Å². The van der Waals surface area contributed by atoms with Gasteiger partial charge in [-0.3, -0.25) is 9.48 Å². The number of aliphatic hydroxyl groups is 1. The van der Waals surface area contributed by atoms with Crippen LogP contribution >= 0.6 is 0 Å². The summed E-state index contributed by atoms with van der Waals surface area (Å²) in [6, 6.07) is 4.47. The van der Waals surface area contributed by atoms with Crippen LogP contribution in [0.1, 0.15) is 32.4 Å². The number of aromatic nitrogens is 3. The molecule has 0 unspecified atom stereocenters. The van der Waals surface area contributed by atoms with Crippen LogP contribution in [0.25, 0.3) is 0 Å².